The van der Waals surface area contributed by atoms with E-state index in [-0.39, 0.29) is 12.2 Å². The van der Waals surface area contributed by atoms with E-state index in [1.54, 1.807) is 7.11 Å². The minimum Gasteiger partial charge on any atom is -0.390 e. The van der Waals surface area contributed by atoms with Gasteiger partial charge in [-0.3, -0.25) is 0 Å². The Morgan fingerprint density at radius 2 is 2.17 bits per heavy atom. The Hall–Kier alpha value is -0.0800. The number of ether oxygens (including phenoxy) is 1. The summed E-state index contributed by atoms with van der Waals surface area (Å²) in [6.07, 6.45) is 5.55. The van der Waals surface area contributed by atoms with Crippen LogP contribution < -0.4 is 0 Å². The lowest BCUT2D eigenvalue weighted by molar-refractivity contribution is -0.0513. The SMILES string of the molecule is CCCC1CC[C@@H](O)C(OC)C1. The smallest absolute Gasteiger partial charge is 0.0832 e. The topological polar surface area (TPSA) is 29.5 Å². The number of aliphatic hydroxyl groups excluding tert-OH is 1. The third-order valence-electron chi connectivity index (χ3n) is 2.87. The standard InChI is InChI=1S/C10H20O2/c1-3-4-8-5-6-9(11)10(7-8)12-2/h8-11H,3-7H2,1-2H3/t8?,9-,10?/m1/s1. The highest BCUT2D eigenvalue weighted by atomic mass is 16.5. The van der Waals surface area contributed by atoms with Crippen molar-refractivity contribution in [1.82, 2.24) is 0 Å². The minimum atomic E-state index is -0.219. The quantitative estimate of drug-likeness (QED) is 0.705. The number of methoxy groups -OCH3 is 1. The average molecular weight is 172 g/mol. The molecule has 1 saturated carbocycles. The van der Waals surface area contributed by atoms with Crippen LogP contribution in [0, 0.1) is 5.92 Å². The first-order valence-electron chi connectivity index (χ1n) is 4.98. The summed E-state index contributed by atoms with van der Waals surface area (Å²) < 4.78 is 5.23. The minimum absolute atomic E-state index is 0.0929. The second-order valence-electron chi connectivity index (χ2n) is 3.81. The summed E-state index contributed by atoms with van der Waals surface area (Å²) in [5.41, 5.74) is 0. The van der Waals surface area contributed by atoms with E-state index in [1.165, 1.54) is 19.3 Å². The molecule has 1 rings (SSSR count). The van der Waals surface area contributed by atoms with E-state index in [2.05, 4.69) is 6.92 Å². The van der Waals surface area contributed by atoms with Gasteiger partial charge in [0.15, 0.2) is 0 Å². The molecule has 1 N–H and O–H groups in total. The molecule has 0 heterocycles. The van der Waals surface area contributed by atoms with Crippen molar-refractivity contribution in [1.29, 1.82) is 0 Å². The second kappa shape index (κ2) is 4.83. The van der Waals surface area contributed by atoms with Crippen molar-refractivity contribution in [2.75, 3.05) is 7.11 Å². The van der Waals surface area contributed by atoms with E-state index >= 15 is 0 Å². The zero-order valence-electron chi connectivity index (χ0n) is 8.12. The van der Waals surface area contributed by atoms with Crippen molar-refractivity contribution in [2.45, 2.75) is 51.2 Å². The van der Waals surface area contributed by atoms with Crippen molar-refractivity contribution in [3.05, 3.63) is 0 Å². The molecule has 0 aromatic rings. The van der Waals surface area contributed by atoms with Crippen LogP contribution >= 0.6 is 0 Å². The van der Waals surface area contributed by atoms with Crippen LogP contribution in [-0.4, -0.2) is 24.4 Å². The maximum Gasteiger partial charge on any atom is 0.0832 e. The van der Waals surface area contributed by atoms with Crippen LogP contribution in [0.1, 0.15) is 39.0 Å². The molecular formula is C10H20O2. The summed E-state index contributed by atoms with van der Waals surface area (Å²) in [6, 6.07) is 0. The van der Waals surface area contributed by atoms with Crippen LogP contribution in [0.5, 0.6) is 0 Å². The van der Waals surface area contributed by atoms with E-state index in [9.17, 15) is 5.11 Å². The Kier molecular flexibility index (Phi) is 4.02. The van der Waals surface area contributed by atoms with Gasteiger partial charge in [-0.15, -0.1) is 0 Å². The molecule has 0 spiro atoms. The molecule has 1 fully saturated rings. The molecular weight excluding hydrogens is 152 g/mol. The maximum absolute atomic E-state index is 9.53. The van der Waals surface area contributed by atoms with Gasteiger partial charge in [-0.05, 0) is 25.2 Å². The molecule has 0 radical (unpaired) electrons. The lowest BCUT2D eigenvalue weighted by Crippen LogP contribution is -2.35. The highest BCUT2D eigenvalue weighted by Gasteiger charge is 2.28. The fraction of sp³-hybridized carbons (Fsp3) is 1.00. The van der Waals surface area contributed by atoms with E-state index in [0.717, 1.165) is 18.8 Å². The molecule has 1 aliphatic carbocycles. The van der Waals surface area contributed by atoms with E-state index in [4.69, 9.17) is 4.74 Å². The maximum atomic E-state index is 9.53. The Bertz CT molecular complexity index is 125. The Balaban J connectivity index is 2.33. The molecule has 0 aliphatic heterocycles. The van der Waals surface area contributed by atoms with Crippen molar-refractivity contribution in [3.63, 3.8) is 0 Å². The highest BCUT2D eigenvalue weighted by molar-refractivity contribution is 4.79. The summed E-state index contributed by atoms with van der Waals surface area (Å²) in [5.74, 6) is 0.781. The van der Waals surface area contributed by atoms with Crippen LogP contribution in [-0.2, 0) is 4.74 Å². The van der Waals surface area contributed by atoms with Gasteiger partial charge in [0, 0.05) is 7.11 Å². The average Bonchev–Trinajstić information content (AvgIpc) is 2.09. The van der Waals surface area contributed by atoms with Crippen molar-refractivity contribution in [3.8, 4) is 0 Å². The Morgan fingerprint density at radius 1 is 1.42 bits per heavy atom. The van der Waals surface area contributed by atoms with Gasteiger partial charge in [0.1, 0.15) is 0 Å². The van der Waals surface area contributed by atoms with Gasteiger partial charge in [-0.25, -0.2) is 0 Å². The highest BCUT2D eigenvalue weighted by Crippen LogP contribution is 2.29. The van der Waals surface area contributed by atoms with E-state index in [1.807, 2.05) is 0 Å². The number of hydrogen-bond acceptors (Lipinski definition) is 2. The van der Waals surface area contributed by atoms with Crippen LogP contribution in [0.25, 0.3) is 0 Å². The summed E-state index contributed by atoms with van der Waals surface area (Å²) in [4.78, 5) is 0. The lowest BCUT2D eigenvalue weighted by Gasteiger charge is -2.32. The Morgan fingerprint density at radius 3 is 2.75 bits per heavy atom. The molecule has 0 amide bonds. The van der Waals surface area contributed by atoms with E-state index < -0.39 is 0 Å². The molecule has 72 valence electrons. The second-order valence-corrected chi connectivity index (χ2v) is 3.81. The fourth-order valence-corrected chi connectivity index (χ4v) is 2.12. The van der Waals surface area contributed by atoms with Crippen molar-refractivity contribution in [2.24, 2.45) is 5.92 Å². The van der Waals surface area contributed by atoms with Gasteiger partial charge in [0.05, 0.1) is 12.2 Å². The predicted molar refractivity (Wildman–Crippen MR) is 49.1 cm³/mol. The fourth-order valence-electron chi connectivity index (χ4n) is 2.12. The summed E-state index contributed by atoms with van der Waals surface area (Å²) in [6.45, 7) is 2.22. The molecule has 2 heteroatoms. The molecule has 0 aromatic carbocycles. The third kappa shape index (κ3) is 2.46. The van der Waals surface area contributed by atoms with Gasteiger partial charge in [-0.1, -0.05) is 19.8 Å². The third-order valence-corrected chi connectivity index (χ3v) is 2.87. The normalized spacial score (nSPS) is 36.8. The predicted octanol–water partition coefficient (Wildman–Crippen LogP) is 1.96. The van der Waals surface area contributed by atoms with Crippen molar-refractivity contribution >= 4 is 0 Å². The molecule has 0 bridgehead atoms. The van der Waals surface area contributed by atoms with E-state index in [0.29, 0.717) is 0 Å². The molecule has 12 heavy (non-hydrogen) atoms. The van der Waals surface area contributed by atoms with Gasteiger partial charge in [0.25, 0.3) is 0 Å². The first-order chi connectivity index (χ1) is 5.77. The largest absolute Gasteiger partial charge is 0.390 e. The zero-order chi connectivity index (χ0) is 8.97. The van der Waals surface area contributed by atoms with Gasteiger partial charge in [0.2, 0.25) is 0 Å². The monoisotopic (exact) mass is 172 g/mol. The Labute approximate surface area is 74.9 Å². The van der Waals surface area contributed by atoms with Gasteiger partial charge >= 0.3 is 0 Å². The van der Waals surface area contributed by atoms with Crippen LogP contribution in [0.3, 0.4) is 0 Å². The molecule has 2 nitrogen and oxygen atoms in total. The number of rotatable bonds is 3. The lowest BCUT2D eigenvalue weighted by atomic mass is 9.83. The zero-order valence-corrected chi connectivity index (χ0v) is 8.12. The van der Waals surface area contributed by atoms with Crippen LogP contribution in [0.4, 0.5) is 0 Å². The molecule has 0 saturated heterocycles. The molecule has 1 aliphatic rings. The number of aliphatic hydroxyl groups is 1. The van der Waals surface area contributed by atoms with Gasteiger partial charge in [-0.2, -0.15) is 0 Å². The molecule has 0 aromatic heterocycles. The van der Waals surface area contributed by atoms with Crippen LogP contribution in [0.2, 0.25) is 0 Å². The first kappa shape index (κ1) is 10.0. The summed E-state index contributed by atoms with van der Waals surface area (Å²) in [5, 5.41) is 9.53. The molecule has 3 atom stereocenters. The first-order valence-corrected chi connectivity index (χ1v) is 4.98. The summed E-state index contributed by atoms with van der Waals surface area (Å²) in [7, 11) is 1.70. The van der Waals surface area contributed by atoms with Gasteiger partial charge < -0.3 is 9.84 Å². The molecule has 2 unspecified atom stereocenters. The number of hydrogen-bond donors (Lipinski definition) is 1. The van der Waals surface area contributed by atoms with Crippen molar-refractivity contribution < 1.29 is 9.84 Å². The van der Waals surface area contributed by atoms with Crippen LogP contribution in [0.15, 0.2) is 0 Å². The summed E-state index contributed by atoms with van der Waals surface area (Å²) >= 11 is 0.